The minimum absolute atomic E-state index is 0.503. The molecule has 2 aromatic heterocycles. The van der Waals surface area contributed by atoms with E-state index in [-0.39, 0.29) is 0 Å². The number of nitrogens with one attached hydrogen (secondary N) is 1. The first-order valence-corrected chi connectivity index (χ1v) is 7.49. The Morgan fingerprint density at radius 1 is 1.44 bits per heavy atom. The van der Waals surface area contributed by atoms with Crippen molar-refractivity contribution in [3.05, 3.63) is 27.0 Å². The molecule has 5 heteroatoms. The van der Waals surface area contributed by atoms with E-state index in [4.69, 9.17) is 0 Å². The van der Waals surface area contributed by atoms with Crippen molar-refractivity contribution in [3.8, 4) is 9.88 Å². The van der Waals surface area contributed by atoms with E-state index < -0.39 is 0 Å². The van der Waals surface area contributed by atoms with Crippen molar-refractivity contribution in [3.63, 3.8) is 0 Å². The van der Waals surface area contributed by atoms with Crippen LogP contribution in [0.15, 0.2) is 22.1 Å². The fourth-order valence-corrected chi connectivity index (χ4v) is 3.84. The van der Waals surface area contributed by atoms with Gasteiger partial charge < -0.3 is 5.32 Å². The highest BCUT2D eigenvalue weighted by Gasteiger charge is 2.08. The molecular weight excluding hydrogens is 304 g/mol. The number of likely N-dealkylation sites (N-methyl/N-ethyl adjacent to an activating group) is 1. The molecule has 1 unspecified atom stereocenters. The number of halogens is 1. The molecule has 0 spiro atoms. The highest BCUT2D eigenvalue weighted by Crippen LogP contribution is 2.33. The molecule has 0 aliphatic rings. The Balaban J connectivity index is 2.13. The highest BCUT2D eigenvalue weighted by molar-refractivity contribution is 9.11. The van der Waals surface area contributed by atoms with Crippen LogP contribution >= 0.6 is 38.6 Å². The van der Waals surface area contributed by atoms with Gasteiger partial charge in [0.2, 0.25) is 0 Å². The van der Waals surface area contributed by atoms with Crippen LogP contribution in [0.2, 0.25) is 0 Å². The Morgan fingerprint density at radius 2 is 2.25 bits per heavy atom. The fraction of sp³-hybridized carbons (Fsp3) is 0.364. The number of thiazole rings is 1. The molecule has 0 aliphatic heterocycles. The summed E-state index contributed by atoms with van der Waals surface area (Å²) >= 11 is 6.98. The second-order valence-electron chi connectivity index (χ2n) is 3.63. The van der Waals surface area contributed by atoms with Crippen LogP contribution in [-0.4, -0.2) is 18.1 Å². The molecule has 86 valence electrons. The van der Waals surface area contributed by atoms with Gasteiger partial charge in [0, 0.05) is 17.1 Å². The summed E-state index contributed by atoms with van der Waals surface area (Å²) in [6.45, 7) is 2.18. The molecule has 2 heterocycles. The standard InChI is InChI=1S/C11H13BrN2S2/c1-7(13-2)5-8-6-14-11(15-8)9-3-4-10(12)16-9/h3-4,6-7,13H,5H2,1-2H3. The van der Waals surface area contributed by atoms with E-state index in [1.54, 1.807) is 22.7 Å². The number of hydrogen-bond acceptors (Lipinski definition) is 4. The van der Waals surface area contributed by atoms with Gasteiger partial charge in [0.25, 0.3) is 0 Å². The summed E-state index contributed by atoms with van der Waals surface area (Å²) < 4.78 is 1.16. The number of rotatable bonds is 4. The third-order valence-corrected chi connectivity index (χ3v) is 5.15. The zero-order valence-corrected chi connectivity index (χ0v) is 12.4. The molecule has 2 aromatic rings. The zero-order valence-electron chi connectivity index (χ0n) is 9.16. The van der Waals surface area contributed by atoms with Crippen molar-refractivity contribution >= 4 is 38.6 Å². The summed E-state index contributed by atoms with van der Waals surface area (Å²) in [6, 6.07) is 4.68. The van der Waals surface area contributed by atoms with E-state index in [2.05, 4.69) is 45.3 Å². The second kappa shape index (κ2) is 5.40. The first-order valence-electron chi connectivity index (χ1n) is 5.06. The maximum absolute atomic E-state index is 4.47. The average Bonchev–Trinajstić information content (AvgIpc) is 2.87. The average molecular weight is 317 g/mol. The lowest BCUT2D eigenvalue weighted by Gasteiger charge is -2.06. The minimum Gasteiger partial charge on any atom is -0.317 e. The van der Waals surface area contributed by atoms with E-state index in [0.29, 0.717) is 6.04 Å². The van der Waals surface area contributed by atoms with Crippen molar-refractivity contribution < 1.29 is 0 Å². The molecule has 0 bridgehead atoms. The van der Waals surface area contributed by atoms with Crippen molar-refractivity contribution in [1.82, 2.24) is 10.3 Å². The van der Waals surface area contributed by atoms with Gasteiger partial charge in [-0.15, -0.1) is 22.7 Å². The molecule has 0 aromatic carbocycles. The van der Waals surface area contributed by atoms with Gasteiger partial charge >= 0.3 is 0 Å². The van der Waals surface area contributed by atoms with E-state index >= 15 is 0 Å². The summed E-state index contributed by atoms with van der Waals surface area (Å²) in [7, 11) is 1.99. The number of nitrogens with zero attached hydrogens (tertiary/aromatic N) is 1. The van der Waals surface area contributed by atoms with E-state index in [1.807, 2.05) is 13.2 Å². The van der Waals surface area contributed by atoms with Gasteiger partial charge in [-0.25, -0.2) is 4.98 Å². The van der Waals surface area contributed by atoms with Crippen molar-refractivity contribution in [2.24, 2.45) is 0 Å². The molecule has 2 rings (SSSR count). The summed E-state index contributed by atoms with van der Waals surface area (Å²) in [6.07, 6.45) is 3.03. The Morgan fingerprint density at radius 3 is 2.88 bits per heavy atom. The van der Waals surface area contributed by atoms with Gasteiger partial charge in [-0.2, -0.15) is 0 Å². The first-order chi connectivity index (χ1) is 7.69. The van der Waals surface area contributed by atoms with E-state index in [1.165, 1.54) is 9.75 Å². The van der Waals surface area contributed by atoms with Crippen LogP contribution in [0.5, 0.6) is 0 Å². The van der Waals surface area contributed by atoms with Crippen LogP contribution in [0.25, 0.3) is 9.88 Å². The minimum atomic E-state index is 0.503. The van der Waals surface area contributed by atoms with Crippen molar-refractivity contribution in [2.75, 3.05) is 7.05 Å². The maximum atomic E-state index is 4.47. The lowest BCUT2D eigenvalue weighted by atomic mass is 10.2. The van der Waals surface area contributed by atoms with Gasteiger partial charge in [-0.05, 0) is 48.5 Å². The van der Waals surface area contributed by atoms with Gasteiger partial charge in [0.05, 0.1) is 8.66 Å². The topological polar surface area (TPSA) is 24.9 Å². The zero-order chi connectivity index (χ0) is 11.5. The van der Waals surface area contributed by atoms with E-state index in [9.17, 15) is 0 Å². The largest absolute Gasteiger partial charge is 0.317 e. The molecule has 1 N–H and O–H groups in total. The Bertz CT molecular complexity index is 464. The molecule has 0 fully saturated rings. The predicted molar refractivity (Wildman–Crippen MR) is 75.4 cm³/mol. The van der Waals surface area contributed by atoms with Crippen LogP contribution in [0, 0.1) is 0 Å². The smallest absolute Gasteiger partial charge is 0.133 e. The van der Waals surface area contributed by atoms with Crippen molar-refractivity contribution in [2.45, 2.75) is 19.4 Å². The highest BCUT2D eigenvalue weighted by atomic mass is 79.9. The monoisotopic (exact) mass is 316 g/mol. The summed E-state index contributed by atoms with van der Waals surface area (Å²) in [5.74, 6) is 0. The lowest BCUT2D eigenvalue weighted by Crippen LogP contribution is -2.22. The quantitative estimate of drug-likeness (QED) is 0.928. The molecule has 16 heavy (non-hydrogen) atoms. The fourth-order valence-electron chi connectivity index (χ4n) is 1.35. The molecule has 1 atom stereocenters. The van der Waals surface area contributed by atoms with Gasteiger partial charge in [-0.3, -0.25) is 0 Å². The summed E-state index contributed by atoms with van der Waals surface area (Å²) in [5.41, 5.74) is 0. The molecule has 0 amide bonds. The molecule has 0 saturated heterocycles. The number of hydrogen-bond donors (Lipinski definition) is 1. The predicted octanol–water partition coefficient (Wildman–Crippen LogP) is 3.78. The Kier molecular flexibility index (Phi) is 4.13. The molecular formula is C11H13BrN2S2. The summed E-state index contributed by atoms with van der Waals surface area (Å²) in [4.78, 5) is 7.04. The molecule has 2 nitrogen and oxygen atoms in total. The molecule has 0 saturated carbocycles. The number of aromatic nitrogens is 1. The lowest BCUT2D eigenvalue weighted by molar-refractivity contribution is 0.612. The second-order valence-corrected chi connectivity index (χ2v) is 7.21. The maximum Gasteiger partial charge on any atom is 0.133 e. The van der Waals surface area contributed by atoms with Gasteiger partial charge in [0.15, 0.2) is 0 Å². The van der Waals surface area contributed by atoms with Gasteiger partial charge in [-0.1, -0.05) is 0 Å². The first kappa shape index (κ1) is 12.2. The molecule has 0 radical (unpaired) electrons. The Hall–Kier alpha value is -0.230. The summed E-state index contributed by atoms with van der Waals surface area (Å²) in [5, 5.41) is 4.36. The van der Waals surface area contributed by atoms with Crippen LogP contribution < -0.4 is 5.32 Å². The third kappa shape index (κ3) is 2.91. The van der Waals surface area contributed by atoms with Crippen molar-refractivity contribution in [1.29, 1.82) is 0 Å². The van der Waals surface area contributed by atoms with Gasteiger partial charge in [0.1, 0.15) is 5.01 Å². The third-order valence-electron chi connectivity index (χ3n) is 2.34. The van der Waals surface area contributed by atoms with Crippen LogP contribution in [0.3, 0.4) is 0 Å². The molecule has 0 aliphatic carbocycles. The Labute approximate surface area is 112 Å². The number of thiophene rings is 1. The normalized spacial score (nSPS) is 12.9. The SMILES string of the molecule is CNC(C)Cc1cnc(-c2ccc(Br)s2)s1. The van der Waals surface area contributed by atoms with Crippen LogP contribution in [0.1, 0.15) is 11.8 Å². The van der Waals surface area contributed by atoms with Crippen LogP contribution in [-0.2, 0) is 6.42 Å². The van der Waals surface area contributed by atoms with E-state index in [0.717, 1.165) is 15.2 Å². The van der Waals surface area contributed by atoms with Crippen LogP contribution in [0.4, 0.5) is 0 Å².